The minimum absolute atomic E-state index is 0.0456. The minimum atomic E-state index is -5.84. The Morgan fingerprint density at radius 3 is 2.16 bits per heavy atom. The lowest BCUT2D eigenvalue weighted by Crippen LogP contribution is -2.51. The molecule has 0 bridgehead atoms. The first-order valence-corrected chi connectivity index (χ1v) is 6.13. The molecule has 0 saturated carbocycles. The lowest BCUT2D eigenvalue weighted by Gasteiger charge is -2.31. The van der Waals surface area contributed by atoms with Crippen molar-refractivity contribution in [2.45, 2.75) is 31.9 Å². The fourth-order valence-electron chi connectivity index (χ4n) is 1.98. The van der Waals surface area contributed by atoms with E-state index in [0.717, 1.165) is 19.6 Å². The molecule has 1 fully saturated rings. The molecule has 1 N–H and O–H groups in total. The van der Waals surface area contributed by atoms with Crippen molar-refractivity contribution in [3.05, 3.63) is 0 Å². The Hall–Kier alpha value is -0.920. The predicted molar refractivity (Wildman–Crippen MR) is 58.8 cm³/mol. The maximum absolute atomic E-state index is 12.6. The summed E-state index contributed by atoms with van der Waals surface area (Å²) in [6.07, 6.45) is -4.47. The van der Waals surface area contributed by atoms with Crippen LogP contribution in [-0.2, 0) is 4.79 Å². The van der Waals surface area contributed by atoms with Gasteiger partial charge in [0.05, 0.1) is 0 Å². The number of nitrogens with zero attached hydrogens (tertiary/aromatic N) is 1. The van der Waals surface area contributed by atoms with E-state index in [2.05, 4.69) is 4.90 Å². The Morgan fingerprint density at radius 1 is 1.21 bits per heavy atom. The lowest BCUT2D eigenvalue weighted by molar-refractivity contribution is -0.269. The van der Waals surface area contributed by atoms with Crippen molar-refractivity contribution in [1.29, 1.82) is 0 Å². The van der Waals surface area contributed by atoms with Crippen LogP contribution in [0, 0.1) is 5.92 Å². The smallest absolute Gasteiger partial charge is 0.350 e. The van der Waals surface area contributed by atoms with Crippen LogP contribution in [0.3, 0.4) is 0 Å². The molecule has 0 unspecified atom stereocenters. The number of alkyl halides is 5. The number of amides is 1. The van der Waals surface area contributed by atoms with E-state index in [-0.39, 0.29) is 12.5 Å². The molecule has 0 spiro atoms. The Bertz CT molecular complexity index is 311. The highest BCUT2D eigenvalue weighted by atomic mass is 19.4. The maximum atomic E-state index is 12.6. The van der Waals surface area contributed by atoms with Crippen LogP contribution in [0.15, 0.2) is 0 Å². The number of nitrogens with one attached hydrogen (secondary N) is 1. The second-order valence-electron chi connectivity index (χ2n) is 4.66. The molecule has 1 aliphatic rings. The SMILES string of the molecule is CCN1CCC(CNC(=O)C(F)(F)C(F)(F)F)CC1. The normalized spacial score (nSPS) is 19.5. The van der Waals surface area contributed by atoms with E-state index in [1.54, 1.807) is 5.32 Å². The first-order valence-electron chi connectivity index (χ1n) is 6.13. The molecule has 0 aromatic rings. The topological polar surface area (TPSA) is 32.3 Å². The van der Waals surface area contributed by atoms with Crippen LogP contribution in [-0.4, -0.2) is 49.1 Å². The maximum Gasteiger partial charge on any atom is 0.463 e. The first-order chi connectivity index (χ1) is 8.68. The molecular formula is C11H17F5N2O. The molecular weight excluding hydrogens is 271 g/mol. The standard InChI is InChI=1S/C11H17F5N2O/c1-2-18-5-3-8(4-6-18)7-17-9(19)10(12,13)11(14,15)16/h8H,2-7H2,1H3,(H,17,19). The van der Waals surface area contributed by atoms with E-state index >= 15 is 0 Å². The molecule has 0 atom stereocenters. The Morgan fingerprint density at radius 2 is 1.74 bits per heavy atom. The van der Waals surface area contributed by atoms with Gasteiger partial charge in [0, 0.05) is 6.54 Å². The largest absolute Gasteiger partial charge is 0.463 e. The summed E-state index contributed by atoms with van der Waals surface area (Å²) in [5.41, 5.74) is 0. The number of halogens is 5. The lowest BCUT2D eigenvalue weighted by atomic mass is 9.97. The van der Waals surface area contributed by atoms with Gasteiger partial charge >= 0.3 is 12.1 Å². The van der Waals surface area contributed by atoms with Gasteiger partial charge in [0.15, 0.2) is 0 Å². The fourth-order valence-corrected chi connectivity index (χ4v) is 1.98. The molecule has 0 aliphatic carbocycles. The summed E-state index contributed by atoms with van der Waals surface area (Å²) in [6.45, 7) is 4.28. The van der Waals surface area contributed by atoms with Crippen LogP contribution < -0.4 is 5.32 Å². The van der Waals surface area contributed by atoms with Gasteiger partial charge in [-0.15, -0.1) is 0 Å². The van der Waals surface area contributed by atoms with Crippen molar-refractivity contribution in [2.24, 2.45) is 5.92 Å². The number of piperidine rings is 1. The van der Waals surface area contributed by atoms with Crippen LogP contribution in [0.4, 0.5) is 22.0 Å². The van der Waals surface area contributed by atoms with Gasteiger partial charge in [-0.25, -0.2) is 0 Å². The van der Waals surface area contributed by atoms with Gasteiger partial charge in [-0.2, -0.15) is 22.0 Å². The van der Waals surface area contributed by atoms with Crippen molar-refractivity contribution < 1.29 is 26.7 Å². The van der Waals surface area contributed by atoms with Gasteiger partial charge in [0.25, 0.3) is 5.91 Å². The van der Waals surface area contributed by atoms with E-state index in [1.807, 2.05) is 6.92 Å². The Balaban J connectivity index is 2.39. The zero-order valence-electron chi connectivity index (χ0n) is 10.6. The second-order valence-corrected chi connectivity index (χ2v) is 4.66. The zero-order valence-corrected chi connectivity index (χ0v) is 10.6. The van der Waals surface area contributed by atoms with E-state index in [0.29, 0.717) is 12.8 Å². The van der Waals surface area contributed by atoms with Crippen molar-refractivity contribution in [3.8, 4) is 0 Å². The Kier molecular flexibility index (Phi) is 5.11. The van der Waals surface area contributed by atoms with Crippen LogP contribution in [0.5, 0.6) is 0 Å². The minimum Gasteiger partial charge on any atom is -0.350 e. The highest BCUT2D eigenvalue weighted by Crippen LogP contribution is 2.35. The van der Waals surface area contributed by atoms with Gasteiger partial charge < -0.3 is 10.2 Å². The molecule has 1 heterocycles. The number of hydrogen-bond donors (Lipinski definition) is 1. The van der Waals surface area contributed by atoms with Crippen LogP contribution in [0.25, 0.3) is 0 Å². The zero-order chi connectivity index (χ0) is 14.7. The van der Waals surface area contributed by atoms with Crippen molar-refractivity contribution in [2.75, 3.05) is 26.2 Å². The van der Waals surface area contributed by atoms with Crippen molar-refractivity contribution >= 4 is 5.91 Å². The summed E-state index contributed by atoms with van der Waals surface area (Å²) in [6, 6.07) is 0. The molecule has 8 heteroatoms. The molecule has 1 rings (SSSR count). The molecule has 0 radical (unpaired) electrons. The second kappa shape index (κ2) is 6.02. The number of rotatable bonds is 4. The summed E-state index contributed by atoms with van der Waals surface area (Å²) in [7, 11) is 0. The quantitative estimate of drug-likeness (QED) is 0.803. The van der Waals surface area contributed by atoms with E-state index < -0.39 is 18.0 Å². The monoisotopic (exact) mass is 288 g/mol. The van der Waals surface area contributed by atoms with Crippen molar-refractivity contribution in [3.63, 3.8) is 0 Å². The van der Waals surface area contributed by atoms with Gasteiger partial charge in [-0.1, -0.05) is 6.92 Å². The highest BCUT2D eigenvalue weighted by molar-refractivity contribution is 5.84. The van der Waals surface area contributed by atoms with Gasteiger partial charge in [0.2, 0.25) is 0 Å². The number of carbonyl (C=O) groups is 1. The average Bonchev–Trinajstić information content (AvgIpc) is 2.35. The molecule has 19 heavy (non-hydrogen) atoms. The molecule has 1 saturated heterocycles. The van der Waals surface area contributed by atoms with E-state index in [1.165, 1.54) is 0 Å². The number of hydrogen-bond acceptors (Lipinski definition) is 2. The highest BCUT2D eigenvalue weighted by Gasteiger charge is 2.63. The predicted octanol–water partition coefficient (Wildman–Crippen LogP) is 2.03. The third-order valence-electron chi connectivity index (χ3n) is 3.35. The van der Waals surface area contributed by atoms with Crippen LogP contribution in [0.1, 0.15) is 19.8 Å². The van der Waals surface area contributed by atoms with E-state index in [4.69, 9.17) is 0 Å². The summed E-state index contributed by atoms with van der Waals surface area (Å²) >= 11 is 0. The number of likely N-dealkylation sites (tertiary alicyclic amines) is 1. The third-order valence-corrected chi connectivity index (χ3v) is 3.35. The van der Waals surface area contributed by atoms with Crippen molar-refractivity contribution in [1.82, 2.24) is 10.2 Å². The van der Waals surface area contributed by atoms with Gasteiger partial charge in [0.1, 0.15) is 0 Å². The van der Waals surface area contributed by atoms with Crippen LogP contribution in [0.2, 0.25) is 0 Å². The summed E-state index contributed by atoms with van der Waals surface area (Å²) < 4.78 is 61.1. The van der Waals surface area contributed by atoms with Crippen LogP contribution >= 0.6 is 0 Å². The molecule has 112 valence electrons. The Labute approximate surface area is 108 Å². The first kappa shape index (κ1) is 16.1. The van der Waals surface area contributed by atoms with Gasteiger partial charge in [-0.05, 0) is 38.4 Å². The summed E-state index contributed by atoms with van der Waals surface area (Å²) in [5, 5.41) is 1.70. The summed E-state index contributed by atoms with van der Waals surface area (Å²) in [5.74, 6) is -7.63. The molecule has 1 amide bonds. The number of carbonyl (C=O) groups excluding carboxylic acids is 1. The molecule has 1 aliphatic heterocycles. The fraction of sp³-hybridized carbons (Fsp3) is 0.909. The average molecular weight is 288 g/mol. The molecule has 0 aromatic heterocycles. The summed E-state index contributed by atoms with van der Waals surface area (Å²) in [4.78, 5) is 13.0. The van der Waals surface area contributed by atoms with E-state index in [9.17, 15) is 26.7 Å². The molecule has 3 nitrogen and oxygen atoms in total. The third kappa shape index (κ3) is 4.02. The van der Waals surface area contributed by atoms with Gasteiger partial charge in [-0.3, -0.25) is 4.79 Å². The molecule has 0 aromatic carbocycles.